The van der Waals surface area contributed by atoms with E-state index in [9.17, 15) is 4.79 Å². The summed E-state index contributed by atoms with van der Waals surface area (Å²) >= 11 is 9.50. The van der Waals surface area contributed by atoms with Crippen LogP contribution in [-0.4, -0.2) is 22.8 Å². The van der Waals surface area contributed by atoms with E-state index in [0.717, 1.165) is 10.0 Å². The molecule has 6 heteroatoms. The minimum absolute atomic E-state index is 0.308. The maximum absolute atomic E-state index is 11.5. The highest BCUT2D eigenvalue weighted by molar-refractivity contribution is 9.10. The van der Waals surface area contributed by atoms with Gasteiger partial charge in [0.15, 0.2) is 0 Å². The van der Waals surface area contributed by atoms with E-state index in [0.29, 0.717) is 23.0 Å². The number of aromatic nitrogens is 2. The van der Waals surface area contributed by atoms with Gasteiger partial charge in [0.05, 0.1) is 17.3 Å². The molecule has 1 aromatic carbocycles. The Bertz CT molecular complexity index is 583. The number of rotatable bonds is 3. The fourth-order valence-electron chi connectivity index (χ4n) is 1.47. The Hall–Kier alpha value is -1.33. The molecule has 0 radical (unpaired) electrons. The number of hydrogen-bond donors (Lipinski definition) is 1. The Balaban J connectivity index is 2.35. The van der Waals surface area contributed by atoms with E-state index in [1.807, 2.05) is 18.2 Å². The van der Waals surface area contributed by atoms with Gasteiger partial charge in [-0.3, -0.25) is 5.10 Å². The third-order valence-corrected chi connectivity index (χ3v) is 3.60. The van der Waals surface area contributed by atoms with Crippen molar-refractivity contribution in [1.29, 1.82) is 0 Å². The smallest absolute Gasteiger partial charge is 0.356 e. The summed E-state index contributed by atoms with van der Waals surface area (Å²) in [4.78, 5) is 11.5. The number of H-pyrrole nitrogens is 1. The molecule has 0 amide bonds. The van der Waals surface area contributed by atoms with Crippen molar-refractivity contribution in [3.05, 3.63) is 39.5 Å². The molecule has 0 spiro atoms. The lowest BCUT2D eigenvalue weighted by molar-refractivity contribution is 0.0519. The van der Waals surface area contributed by atoms with Gasteiger partial charge < -0.3 is 4.74 Å². The van der Waals surface area contributed by atoms with E-state index in [4.69, 9.17) is 16.3 Å². The van der Waals surface area contributed by atoms with Gasteiger partial charge in [-0.1, -0.05) is 23.7 Å². The van der Waals surface area contributed by atoms with Crippen molar-refractivity contribution in [3.63, 3.8) is 0 Å². The number of nitrogens with one attached hydrogen (secondary N) is 1. The van der Waals surface area contributed by atoms with Gasteiger partial charge in [-0.05, 0) is 35.0 Å². The second kappa shape index (κ2) is 5.54. The van der Waals surface area contributed by atoms with Gasteiger partial charge in [-0.2, -0.15) is 5.10 Å². The summed E-state index contributed by atoms with van der Waals surface area (Å²) in [5.74, 6) is -0.428. The Labute approximate surface area is 117 Å². The van der Waals surface area contributed by atoms with Gasteiger partial charge in [-0.25, -0.2) is 4.79 Å². The zero-order valence-electron chi connectivity index (χ0n) is 9.54. The number of hydrogen-bond acceptors (Lipinski definition) is 3. The molecule has 0 atom stereocenters. The summed E-state index contributed by atoms with van der Waals surface area (Å²) in [5, 5.41) is 7.25. The molecule has 0 saturated carbocycles. The average Bonchev–Trinajstić information content (AvgIpc) is 2.82. The predicted molar refractivity (Wildman–Crippen MR) is 72.7 cm³/mol. The normalized spacial score (nSPS) is 10.4. The summed E-state index contributed by atoms with van der Waals surface area (Å²) in [5.41, 5.74) is 1.66. The number of nitrogens with zero attached hydrogens (tertiary/aromatic N) is 1. The number of halogens is 2. The van der Waals surface area contributed by atoms with Crippen LogP contribution >= 0.6 is 27.5 Å². The van der Waals surface area contributed by atoms with E-state index in [2.05, 4.69) is 26.1 Å². The molecule has 1 heterocycles. The summed E-state index contributed by atoms with van der Waals surface area (Å²) < 4.78 is 5.66. The summed E-state index contributed by atoms with van der Waals surface area (Å²) in [6.07, 6.45) is 0. The summed E-state index contributed by atoms with van der Waals surface area (Å²) in [6, 6.07) is 7.14. The molecule has 0 saturated heterocycles. The fraction of sp³-hybridized carbons (Fsp3) is 0.167. The van der Waals surface area contributed by atoms with Crippen LogP contribution in [0.15, 0.2) is 28.7 Å². The molecule has 0 aliphatic rings. The molecule has 94 valence electrons. The third-order valence-electron chi connectivity index (χ3n) is 2.30. The van der Waals surface area contributed by atoms with E-state index in [1.165, 1.54) is 0 Å². The Morgan fingerprint density at radius 2 is 2.33 bits per heavy atom. The van der Waals surface area contributed by atoms with Gasteiger partial charge in [0.25, 0.3) is 0 Å². The van der Waals surface area contributed by atoms with Crippen LogP contribution in [0.4, 0.5) is 0 Å². The fourth-order valence-corrected chi connectivity index (χ4v) is 2.06. The van der Waals surface area contributed by atoms with Gasteiger partial charge in [-0.15, -0.1) is 0 Å². The van der Waals surface area contributed by atoms with Gasteiger partial charge >= 0.3 is 5.97 Å². The van der Waals surface area contributed by atoms with Crippen LogP contribution < -0.4 is 0 Å². The second-order valence-corrected chi connectivity index (χ2v) is 4.72. The predicted octanol–water partition coefficient (Wildman–Crippen LogP) is 3.67. The number of carbonyl (C=O) groups is 1. The Morgan fingerprint density at radius 3 is 3.06 bits per heavy atom. The first-order valence-electron chi connectivity index (χ1n) is 5.30. The standard InChI is InChI=1S/C12H10BrClN2O2/c1-2-18-12(17)10-6-9(15-16-10)7-4-3-5-8(13)11(7)14/h3-6H,2H2,1H3,(H,15,16). The first-order valence-corrected chi connectivity index (χ1v) is 6.47. The molecule has 0 aliphatic heterocycles. The first kappa shape index (κ1) is 13.1. The number of ether oxygens (including phenoxy) is 1. The van der Waals surface area contributed by atoms with E-state index >= 15 is 0 Å². The van der Waals surface area contributed by atoms with Gasteiger partial charge in [0, 0.05) is 10.0 Å². The topological polar surface area (TPSA) is 55.0 Å². The number of aromatic amines is 1. The van der Waals surface area contributed by atoms with Crippen molar-refractivity contribution >= 4 is 33.5 Å². The average molecular weight is 330 g/mol. The highest BCUT2D eigenvalue weighted by atomic mass is 79.9. The monoisotopic (exact) mass is 328 g/mol. The molecule has 2 aromatic rings. The van der Waals surface area contributed by atoms with E-state index in [-0.39, 0.29) is 0 Å². The molecule has 0 bridgehead atoms. The van der Waals surface area contributed by atoms with Crippen molar-refractivity contribution < 1.29 is 9.53 Å². The minimum Gasteiger partial charge on any atom is -0.461 e. The molecular formula is C12H10BrClN2O2. The van der Waals surface area contributed by atoms with Crippen LogP contribution in [0.2, 0.25) is 5.02 Å². The van der Waals surface area contributed by atoms with Crippen LogP contribution in [0.25, 0.3) is 11.3 Å². The second-order valence-electron chi connectivity index (χ2n) is 3.49. The summed E-state index contributed by atoms with van der Waals surface area (Å²) in [6.45, 7) is 2.07. The minimum atomic E-state index is -0.428. The quantitative estimate of drug-likeness (QED) is 0.874. The van der Waals surface area contributed by atoms with Crippen molar-refractivity contribution in [1.82, 2.24) is 10.2 Å². The third kappa shape index (κ3) is 2.57. The molecule has 1 aromatic heterocycles. The zero-order valence-corrected chi connectivity index (χ0v) is 11.9. The van der Waals surface area contributed by atoms with Crippen LogP contribution in [-0.2, 0) is 4.74 Å². The van der Waals surface area contributed by atoms with Gasteiger partial charge in [0.1, 0.15) is 5.69 Å². The lowest BCUT2D eigenvalue weighted by Crippen LogP contribution is -2.04. The van der Waals surface area contributed by atoms with Gasteiger partial charge in [0.2, 0.25) is 0 Å². The van der Waals surface area contributed by atoms with E-state index in [1.54, 1.807) is 13.0 Å². The van der Waals surface area contributed by atoms with Crippen molar-refractivity contribution in [2.75, 3.05) is 6.61 Å². The Morgan fingerprint density at radius 1 is 1.56 bits per heavy atom. The molecule has 1 N–H and O–H groups in total. The first-order chi connectivity index (χ1) is 8.63. The Kier molecular flexibility index (Phi) is 4.04. The van der Waals surface area contributed by atoms with Crippen molar-refractivity contribution in [3.8, 4) is 11.3 Å². The molecular weight excluding hydrogens is 320 g/mol. The number of benzene rings is 1. The molecule has 18 heavy (non-hydrogen) atoms. The molecule has 4 nitrogen and oxygen atoms in total. The van der Waals surface area contributed by atoms with Crippen LogP contribution in [0.5, 0.6) is 0 Å². The zero-order chi connectivity index (χ0) is 13.1. The van der Waals surface area contributed by atoms with Crippen molar-refractivity contribution in [2.24, 2.45) is 0 Å². The lowest BCUT2D eigenvalue weighted by Gasteiger charge is -2.01. The van der Waals surface area contributed by atoms with Crippen molar-refractivity contribution in [2.45, 2.75) is 6.92 Å². The highest BCUT2D eigenvalue weighted by Crippen LogP contribution is 2.32. The van der Waals surface area contributed by atoms with Crippen LogP contribution in [0, 0.1) is 0 Å². The van der Waals surface area contributed by atoms with Crippen LogP contribution in [0.3, 0.4) is 0 Å². The molecule has 2 rings (SSSR count). The summed E-state index contributed by atoms with van der Waals surface area (Å²) in [7, 11) is 0. The largest absolute Gasteiger partial charge is 0.461 e. The lowest BCUT2D eigenvalue weighted by atomic mass is 10.1. The highest BCUT2D eigenvalue weighted by Gasteiger charge is 2.14. The molecule has 0 aliphatic carbocycles. The van der Waals surface area contributed by atoms with Crippen LogP contribution in [0.1, 0.15) is 17.4 Å². The maximum atomic E-state index is 11.5. The number of carbonyl (C=O) groups excluding carboxylic acids is 1. The van der Waals surface area contributed by atoms with E-state index < -0.39 is 5.97 Å². The number of esters is 1. The molecule has 0 fully saturated rings. The maximum Gasteiger partial charge on any atom is 0.356 e. The SMILES string of the molecule is CCOC(=O)c1cc(-c2cccc(Br)c2Cl)n[nH]1. The molecule has 0 unspecified atom stereocenters.